The van der Waals surface area contributed by atoms with E-state index >= 15 is 0 Å². The molecule has 5 heteroatoms. The maximum Gasteiger partial charge on any atom is 0.311 e. The van der Waals surface area contributed by atoms with Crippen molar-refractivity contribution in [2.75, 3.05) is 6.54 Å². The number of carboxylic acid groups (broad SMARTS) is 1. The van der Waals surface area contributed by atoms with Crippen LogP contribution in [0.4, 0.5) is 0 Å². The molecule has 1 fully saturated rings. The first kappa shape index (κ1) is 18.0. The van der Waals surface area contributed by atoms with E-state index in [2.05, 4.69) is 26.1 Å². The van der Waals surface area contributed by atoms with Crippen LogP contribution in [0.2, 0.25) is 0 Å². The van der Waals surface area contributed by atoms with E-state index in [0.717, 1.165) is 12.8 Å². The largest absolute Gasteiger partial charge is 0.481 e. The highest BCUT2D eigenvalue weighted by Gasteiger charge is 2.45. The summed E-state index contributed by atoms with van der Waals surface area (Å²) in [5.74, 6) is -0.760. The molecule has 1 saturated carbocycles. The van der Waals surface area contributed by atoms with Crippen LogP contribution in [0.25, 0.3) is 0 Å². The van der Waals surface area contributed by atoms with E-state index < -0.39 is 11.4 Å². The van der Waals surface area contributed by atoms with Gasteiger partial charge in [0.2, 0.25) is 5.91 Å². The summed E-state index contributed by atoms with van der Waals surface area (Å²) in [7, 11) is 0. The molecule has 1 amide bonds. The minimum Gasteiger partial charge on any atom is -0.481 e. The third-order valence-electron chi connectivity index (χ3n) is 5.77. The van der Waals surface area contributed by atoms with Crippen LogP contribution in [0.5, 0.6) is 0 Å². The molecule has 5 nitrogen and oxygen atoms in total. The first-order valence-corrected chi connectivity index (χ1v) is 7.83. The first-order chi connectivity index (χ1) is 9.56. The van der Waals surface area contributed by atoms with Crippen molar-refractivity contribution in [3.63, 3.8) is 0 Å². The zero-order valence-electron chi connectivity index (χ0n) is 13.9. The number of hydrogen-bond donors (Lipinski definition) is 3. The number of rotatable bonds is 5. The maximum atomic E-state index is 12.5. The number of nitrogens with two attached hydrogens (primary N) is 1. The summed E-state index contributed by atoms with van der Waals surface area (Å²) in [6.07, 6.45) is 2.09. The van der Waals surface area contributed by atoms with E-state index in [4.69, 9.17) is 5.73 Å². The predicted molar refractivity (Wildman–Crippen MR) is 82.7 cm³/mol. The van der Waals surface area contributed by atoms with Crippen LogP contribution in [-0.4, -0.2) is 29.6 Å². The lowest BCUT2D eigenvalue weighted by Crippen LogP contribution is -2.53. The predicted octanol–water partition coefficient (Wildman–Crippen LogP) is 2.00. The van der Waals surface area contributed by atoms with Gasteiger partial charge >= 0.3 is 5.97 Å². The van der Waals surface area contributed by atoms with E-state index in [1.54, 1.807) is 6.92 Å². The molecule has 0 aromatic carbocycles. The van der Waals surface area contributed by atoms with E-state index in [1.807, 2.05) is 6.92 Å². The van der Waals surface area contributed by atoms with Gasteiger partial charge in [-0.15, -0.1) is 0 Å². The van der Waals surface area contributed by atoms with E-state index in [-0.39, 0.29) is 35.7 Å². The number of carboxylic acids is 1. The van der Waals surface area contributed by atoms with Gasteiger partial charge in [-0.2, -0.15) is 0 Å². The van der Waals surface area contributed by atoms with Crippen LogP contribution in [-0.2, 0) is 9.59 Å². The second kappa shape index (κ2) is 6.34. The molecular formula is C16H30N2O3. The summed E-state index contributed by atoms with van der Waals surface area (Å²) in [6.45, 7) is 9.92. The summed E-state index contributed by atoms with van der Waals surface area (Å²) in [5.41, 5.74) is 5.03. The van der Waals surface area contributed by atoms with Gasteiger partial charge in [0.1, 0.15) is 0 Å². The van der Waals surface area contributed by atoms with Gasteiger partial charge in [-0.05, 0) is 37.5 Å². The standard InChI is InChI=1S/C16H30N2O3/c1-6-16(5,14(20)21)9-18-13(19)11-7-8-12(17)10(2)15(11,3)4/h10-12H,6-9,17H2,1-5H3,(H,18,19)(H,20,21). The highest BCUT2D eigenvalue weighted by atomic mass is 16.4. The number of carbonyl (C=O) groups excluding carboxylic acids is 1. The summed E-state index contributed by atoms with van der Waals surface area (Å²) < 4.78 is 0. The van der Waals surface area contributed by atoms with Gasteiger partial charge in [0.05, 0.1) is 5.41 Å². The van der Waals surface area contributed by atoms with Gasteiger partial charge < -0.3 is 16.2 Å². The molecule has 122 valence electrons. The fourth-order valence-corrected chi connectivity index (χ4v) is 3.08. The summed E-state index contributed by atoms with van der Waals surface area (Å²) in [6, 6.07) is 0.129. The molecule has 0 aliphatic heterocycles. The molecule has 4 unspecified atom stereocenters. The Balaban J connectivity index is 2.74. The molecule has 1 rings (SSSR count). The van der Waals surface area contributed by atoms with Crippen molar-refractivity contribution < 1.29 is 14.7 Å². The molecule has 1 aliphatic rings. The Labute approximate surface area is 127 Å². The molecule has 0 heterocycles. The number of amides is 1. The lowest BCUT2D eigenvalue weighted by Gasteiger charge is -2.46. The number of carbonyl (C=O) groups is 2. The average Bonchev–Trinajstić information content (AvgIpc) is 2.41. The van der Waals surface area contributed by atoms with Gasteiger partial charge in [-0.1, -0.05) is 27.7 Å². The van der Waals surface area contributed by atoms with Crippen molar-refractivity contribution >= 4 is 11.9 Å². The summed E-state index contributed by atoms with van der Waals surface area (Å²) in [5, 5.41) is 12.1. The Kier molecular flexibility index (Phi) is 5.42. The van der Waals surface area contributed by atoms with Crippen LogP contribution in [0, 0.1) is 22.7 Å². The molecule has 4 atom stereocenters. The van der Waals surface area contributed by atoms with Crippen LogP contribution in [0.1, 0.15) is 53.9 Å². The Morgan fingerprint density at radius 3 is 2.43 bits per heavy atom. The lowest BCUT2D eigenvalue weighted by atomic mass is 9.61. The highest BCUT2D eigenvalue weighted by molar-refractivity contribution is 5.81. The molecule has 0 radical (unpaired) electrons. The van der Waals surface area contributed by atoms with Gasteiger partial charge in [0, 0.05) is 18.5 Å². The first-order valence-electron chi connectivity index (χ1n) is 7.83. The maximum absolute atomic E-state index is 12.5. The van der Waals surface area contributed by atoms with Crippen LogP contribution >= 0.6 is 0 Å². The number of nitrogens with one attached hydrogen (secondary N) is 1. The minimum absolute atomic E-state index is 0.0420. The minimum atomic E-state index is -0.906. The monoisotopic (exact) mass is 298 g/mol. The Bertz CT molecular complexity index is 408. The van der Waals surface area contributed by atoms with Gasteiger partial charge in [0.15, 0.2) is 0 Å². The van der Waals surface area contributed by atoms with Gasteiger partial charge in [-0.25, -0.2) is 0 Å². The summed E-state index contributed by atoms with van der Waals surface area (Å²) in [4.78, 5) is 23.8. The van der Waals surface area contributed by atoms with E-state index in [1.165, 1.54) is 0 Å². The molecule has 21 heavy (non-hydrogen) atoms. The molecule has 0 saturated heterocycles. The number of hydrogen-bond acceptors (Lipinski definition) is 3. The van der Waals surface area contributed by atoms with Crippen LogP contribution in [0.3, 0.4) is 0 Å². The topological polar surface area (TPSA) is 92.4 Å². The van der Waals surface area contributed by atoms with Crippen molar-refractivity contribution in [1.82, 2.24) is 5.32 Å². The van der Waals surface area contributed by atoms with Crippen LogP contribution < -0.4 is 11.1 Å². The molecular weight excluding hydrogens is 268 g/mol. The zero-order valence-corrected chi connectivity index (χ0v) is 13.9. The van der Waals surface area contributed by atoms with Crippen molar-refractivity contribution in [3.05, 3.63) is 0 Å². The fraction of sp³-hybridized carbons (Fsp3) is 0.875. The van der Waals surface area contributed by atoms with Crippen molar-refractivity contribution in [2.24, 2.45) is 28.4 Å². The third kappa shape index (κ3) is 3.57. The Morgan fingerprint density at radius 1 is 1.38 bits per heavy atom. The Morgan fingerprint density at radius 2 is 1.95 bits per heavy atom. The zero-order chi connectivity index (χ0) is 16.4. The molecule has 0 bridgehead atoms. The second-order valence-electron chi connectivity index (χ2n) is 7.34. The van der Waals surface area contributed by atoms with E-state index in [0.29, 0.717) is 6.42 Å². The van der Waals surface area contributed by atoms with Gasteiger partial charge in [0.25, 0.3) is 0 Å². The summed E-state index contributed by atoms with van der Waals surface area (Å²) >= 11 is 0. The molecule has 0 spiro atoms. The van der Waals surface area contributed by atoms with E-state index in [9.17, 15) is 14.7 Å². The lowest BCUT2D eigenvalue weighted by molar-refractivity contribution is -0.148. The number of aliphatic carboxylic acids is 1. The fourth-order valence-electron chi connectivity index (χ4n) is 3.08. The normalized spacial score (nSPS) is 31.2. The van der Waals surface area contributed by atoms with Crippen LogP contribution in [0.15, 0.2) is 0 Å². The Hall–Kier alpha value is -1.10. The molecule has 0 aromatic rings. The highest BCUT2D eigenvalue weighted by Crippen LogP contribution is 2.44. The molecule has 4 N–H and O–H groups in total. The van der Waals surface area contributed by atoms with Crippen molar-refractivity contribution in [3.8, 4) is 0 Å². The molecule has 0 aromatic heterocycles. The quantitative estimate of drug-likeness (QED) is 0.724. The SMILES string of the molecule is CCC(C)(CNC(=O)C1CCC(N)C(C)C1(C)C)C(=O)O. The molecule has 1 aliphatic carbocycles. The van der Waals surface area contributed by atoms with Crippen molar-refractivity contribution in [1.29, 1.82) is 0 Å². The van der Waals surface area contributed by atoms with Crippen molar-refractivity contribution in [2.45, 2.75) is 59.9 Å². The third-order valence-corrected chi connectivity index (χ3v) is 5.77. The van der Waals surface area contributed by atoms with Gasteiger partial charge in [-0.3, -0.25) is 9.59 Å². The smallest absolute Gasteiger partial charge is 0.311 e. The second-order valence-corrected chi connectivity index (χ2v) is 7.34. The average molecular weight is 298 g/mol.